The number of hydrogen-bond acceptors (Lipinski definition) is 8. The third-order valence-electron chi connectivity index (χ3n) is 5.37. The highest BCUT2D eigenvalue weighted by Crippen LogP contribution is 2.27. The number of fused-ring (bicyclic) bond motifs is 2. The van der Waals surface area contributed by atoms with Gasteiger partial charge in [-0.25, -0.2) is 14.3 Å². The number of aromatic nitrogens is 2. The summed E-state index contributed by atoms with van der Waals surface area (Å²) in [5, 5.41) is 7.70. The summed E-state index contributed by atoms with van der Waals surface area (Å²) in [5.41, 5.74) is 0.0684. The van der Waals surface area contributed by atoms with Crippen LogP contribution in [0, 0.1) is 0 Å². The Morgan fingerprint density at radius 2 is 2.00 bits per heavy atom. The Hall–Kier alpha value is -3.17. The fourth-order valence-corrected chi connectivity index (χ4v) is 4.33. The summed E-state index contributed by atoms with van der Waals surface area (Å²) in [4.78, 5) is 40.0. The summed E-state index contributed by atoms with van der Waals surface area (Å²) in [5.74, 6) is -0.415. The first-order valence-corrected chi connectivity index (χ1v) is 12.0. The molecular formula is C19H26N6O8S. The van der Waals surface area contributed by atoms with Gasteiger partial charge in [0.25, 0.3) is 5.91 Å². The van der Waals surface area contributed by atoms with Crippen LogP contribution in [0.3, 0.4) is 0 Å². The van der Waals surface area contributed by atoms with Crippen LogP contribution in [-0.4, -0.2) is 99.5 Å². The minimum atomic E-state index is -4.86. The molecule has 1 aromatic heterocycles. The van der Waals surface area contributed by atoms with Gasteiger partial charge in [0.05, 0.1) is 12.2 Å². The average molecular weight is 499 g/mol. The SMILES string of the molecule is CC(C)(C)OC(=O)N1CC[C@@H](NC(=O)c2ccn(C3=CC4CN(C3)C(=O)N4OS(=O)(=O)O)n2)C1. The predicted molar refractivity (Wildman–Crippen MR) is 115 cm³/mol. The van der Waals surface area contributed by atoms with Crippen LogP contribution in [0.5, 0.6) is 0 Å². The molecule has 3 aliphatic heterocycles. The van der Waals surface area contributed by atoms with E-state index in [9.17, 15) is 22.8 Å². The van der Waals surface area contributed by atoms with Crippen molar-refractivity contribution in [3.8, 4) is 0 Å². The summed E-state index contributed by atoms with van der Waals surface area (Å²) in [6, 6.07) is -0.201. The van der Waals surface area contributed by atoms with E-state index in [1.807, 2.05) is 0 Å². The lowest BCUT2D eigenvalue weighted by molar-refractivity contribution is -0.0183. The van der Waals surface area contributed by atoms with Crippen LogP contribution in [0.15, 0.2) is 18.3 Å². The molecule has 1 aromatic rings. The van der Waals surface area contributed by atoms with Crippen molar-refractivity contribution in [2.75, 3.05) is 26.2 Å². The van der Waals surface area contributed by atoms with E-state index in [-0.39, 0.29) is 24.8 Å². The maximum absolute atomic E-state index is 12.7. The van der Waals surface area contributed by atoms with E-state index < -0.39 is 40.1 Å². The topological polar surface area (TPSA) is 164 Å². The molecule has 2 saturated heterocycles. The molecule has 3 aliphatic rings. The monoisotopic (exact) mass is 498 g/mol. The first kappa shape index (κ1) is 24.0. The van der Waals surface area contributed by atoms with Crippen LogP contribution in [0.2, 0.25) is 0 Å². The van der Waals surface area contributed by atoms with Crippen molar-refractivity contribution in [3.63, 3.8) is 0 Å². The summed E-state index contributed by atoms with van der Waals surface area (Å²) < 4.78 is 42.1. The zero-order valence-electron chi connectivity index (χ0n) is 18.9. The summed E-state index contributed by atoms with van der Waals surface area (Å²) >= 11 is 0. The minimum Gasteiger partial charge on any atom is -0.444 e. The Kier molecular flexibility index (Phi) is 6.03. The molecule has 4 heterocycles. The van der Waals surface area contributed by atoms with Gasteiger partial charge >= 0.3 is 22.5 Å². The number of hydroxylamine groups is 2. The second-order valence-corrected chi connectivity index (χ2v) is 10.3. The lowest BCUT2D eigenvalue weighted by Crippen LogP contribution is -2.40. The van der Waals surface area contributed by atoms with E-state index >= 15 is 0 Å². The molecule has 0 saturated carbocycles. The van der Waals surface area contributed by atoms with Crippen LogP contribution in [-0.2, 0) is 19.4 Å². The third-order valence-corrected chi connectivity index (χ3v) is 5.72. The van der Waals surface area contributed by atoms with Gasteiger partial charge in [0.1, 0.15) is 11.6 Å². The number of nitrogens with zero attached hydrogens (tertiary/aromatic N) is 5. The molecule has 0 radical (unpaired) electrons. The fourth-order valence-electron chi connectivity index (χ4n) is 3.95. The Morgan fingerprint density at radius 1 is 1.26 bits per heavy atom. The third kappa shape index (κ3) is 5.31. The van der Waals surface area contributed by atoms with Crippen molar-refractivity contribution < 1.29 is 36.4 Å². The van der Waals surface area contributed by atoms with Crippen molar-refractivity contribution in [1.29, 1.82) is 0 Å². The van der Waals surface area contributed by atoms with Crippen LogP contribution < -0.4 is 5.32 Å². The van der Waals surface area contributed by atoms with Crippen LogP contribution in [0.1, 0.15) is 37.7 Å². The van der Waals surface area contributed by atoms with Gasteiger partial charge in [0, 0.05) is 31.9 Å². The quantitative estimate of drug-likeness (QED) is 0.544. The molecule has 1 unspecified atom stereocenters. The highest BCUT2D eigenvalue weighted by Gasteiger charge is 2.43. The maximum Gasteiger partial charge on any atom is 0.418 e. The molecule has 186 valence electrons. The van der Waals surface area contributed by atoms with Gasteiger partial charge in [-0.15, -0.1) is 4.28 Å². The van der Waals surface area contributed by atoms with E-state index in [1.54, 1.807) is 37.9 Å². The van der Waals surface area contributed by atoms with Crippen LogP contribution in [0.4, 0.5) is 9.59 Å². The van der Waals surface area contributed by atoms with Crippen molar-refractivity contribution in [1.82, 2.24) is 30.0 Å². The zero-order valence-corrected chi connectivity index (χ0v) is 19.7. The van der Waals surface area contributed by atoms with E-state index in [0.717, 1.165) is 0 Å². The number of carbonyl (C=O) groups is 3. The summed E-state index contributed by atoms with van der Waals surface area (Å²) in [6.45, 7) is 6.45. The average Bonchev–Trinajstić information content (AvgIpc) is 3.42. The lowest BCUT2D eigenvalue weighted by Gasteiger charge is -2.24. The van der Waals surface area contributed by atoms with Crippen molar-refractivity contribution in [2.24, 2.45) is 0 Å². The van der Waals surface area contributed by atoms with E-state index in [2.05, 4.69) is 14.7 Å². The molecule has 2 fully saturated rings. The zero-order chi connectivity index (χ0) is 24.8. The van der Waals surface area contributed by atoms with Gasteiger partial charge in [-0.3, -0.25) is 9.35 Å². The fraction of sp³-hybridized carbons (Fsp3) is 0.579. The largest absolute Gasteiger partial charge is 0.444 e. The van der Waals surface area contributed by atoms with Gasteiger partial charge in [0.2, 0.25) is 0 Å². The molecule has 2 N–H and O–H groups in total. The number of ether oxygens (including phenoxy) is 1. The van der Waals surface area contributed by atoms with Gasteiger partial charge in [-0.2, -0.15) is 18.6 Å². The lowest BCUT2D eigenvalue weighted by atomic mass is 10.2. The smallest absolute Gasteiger partial charge is 0.418 e. The summed E-state index contributed by atoms with van der Waals surface area (Å²) in [6.07, 6.45) is 3.28. The number of carbonyl (C=O) groups excluding carboxylic acids is 3. The minimum absolute atomic E-state index is 0.108. The second-order valence-electron chi connectivity index (χ2n) is 9.25. The van der Waals surface area contributed by atoms with Crippen molar-refractivity contribution in [2.45, 2.75) is 44.9 Å². The first-order valence-electron chi connectivity index (χ1n) is 10.6. The Balaban J connectivity index is 1.38. The maximum atomic E-state index is 12.7. The molecule has 2 atom stereocenters. The van der Waals surface area contributed by atoms with Crippen molar-refractivity contribution in [3.05, 3.63) is 24.0 Å². The highest BCUT2D eigenvalue weighted by atomic mass is 32.3. The predicted octanol–water partition coefficient (Wildman–Crippen LogP) is 0.317. The highest BCUT2D eigenvalue weighted by molar-refractivity contribution is 7.80. The van der Waals surface area contributed by atoms with E-state index in [0.29, 0.717) is 30.3 Å². The Labute approximate surface area is 196 Å². The molecule has 14 nitrogen and oxygen atoms in total. The molecule has 0 aromatic carbocycles. The second kappa shape index (κ2) is 8.56. The van der Waals surface area contributed by atoms with Crippen LogP contribution >= 0.6 is 0 Å². The number of nitrogens with one attached hydrogen (secondary N) is 1. The standard InChI is InChI=1S/C19H26N6O8S/c1-19(2,3)32-18(28)22-6-4-12(9-22)20-16(26)15-5-7-24(21-15)13-8-14-11-23(10-13)17(27)25(14)33-34(29,30)31/h5,7-8,12,14H,4,6,9-11H2,1-3H3,(H,20,26)(H,29,30,31)/t12-,14?/m1/s1. The number of hydrogen-bond donors (Lipinski definition) is 2. The molecule has 4 rings (SSSR count). The van der Waals surface area contributed by atoms with Gasteiger partial charge in [-0.05, 0) is 39.3 Å². The van der Waals surface area contributed by atoms with Crippen LogP contribution in [0.25, 0.3) is 5.70 Å². The number of likely N-dealkylation sites (tertiary alicyclic amines) is 1. The normalized spacial score (nSPS) is 22.8. The number of urea groups is 1. The van der Waals surface area contributed by atoms with E-state index in [4.69, 9.17) is 9.29 Å². The Bertz CT molecular complexity index is 1140. The number of rotatable bonds is 5. The molecule has 34 heavy (non-hydrogen) atoms. The molecule has 0 aliphatic carbocycles. The molecule has 2 bridgehead atoms. The number of amides is 4. The molecule has 0 spiro atoms. The van der Waals surface area contributed by atoms with Crippen molar-refractivity contribution >= 4 is 34.1 Å². The van der Waals surface area contributed by atoms with Gasteiger partial charge in [0.15, 0.2) is 5.69 Å². The van der Waals surface area contributed by atoms with Gasteiger partial charge in [-0.1, -0.05) is 0 Å². The molecule has 4 amide bonds. The Morgan fingerprint density at radius 3 is 2.68 bits per heavy atom. The molecule has 15 heteroatoms. The summed E-state index contributed by atoms with van der Waals surface area (Å²) in [7, 11) is -4.86. The molecular weight excluding hydrogens is 472 g/mol. The first-order chi connectivity index (χ1) is 15.8. The van der Waals surface area contributed by atoms with E-state index in [1.165, 1.54) is 15.6 Å². The van der Waals surface area contributed by atoms with Gasteiger partial charge < -0.3 is 19.9 Å².